The zero-order chi connectivity index (χ0) is 13.8. The van der Waals surface area contributed by atoms with Crippen molar-refractivity contribution in [2.75, 3.05) is 0 Å². The topological polar surface area (TPSA) is 58.1 Å². The van der Waals surface area contributed by atoms with Crippen LogP contribution in [0.2, 0.25) is 0 Å². The number of aryl methyl sites for hydroxylation is 2. The third-order valence-electron chi connectivity index (χ3n) is 2.69. The highest BCUT2D eigenvalue weighted by Gasteiger charge is 1.99. The van der Waals surface area contributed by atoms with Crippen LogP contribution < -0.4 is 5.56 Å². The van der Waals surface area contributed by atoms with Gasteiger partial charge in [-0.1, -0.05) is 12.1 Å². The van der Waals surface area contributed by atoms with E-state index >= 15 is 0 Å². The van der Waals surface area contributed by atoms with Crippen LogP contribution >= 0.6 is 0 Å². The molecular formula is C15H13N3O. The highest BCUT2D eigenvalue weighted by Crippen LogP contribution is 2.02. The van der Waals surface area contributed by atoms with E-state index in [-0.39, 0.29) is 5.56 Å². The number of rotatable bonds is 2. The monoisotopic (exact) mass is 251 g/mol. The first kappa shape index (κ1) is 12.8. The number of nitriles is 1. The molecule has 0 N–H and O–H groups in total. The molecule has 0 unspecified atom stereocenters. The molecule has 0 saturated carbocycles. The third-order valence-corrected chi connectivity index (χ3v) is 2.69. The molecule has 19 heavy (non-hydrogen) atoms. The molecule has 0 amide bonds. The number of pyridine rings is 1. The van der Waals surface area contributed by atoms with E-state index in [4.69, 9.17) is 5.26 Å². The van der Waals surface area contributed by atoms with Gasteiger partial charge in [-0.15, -0.1) is 0 Å². The molecule has 1 aromatic heterocycles. The van der Waals surface area contributed by atoms with Crippen molar-refractivity contribution in [3.63, 3.8) is 0 Å². The summed E-state index contributed by atoms with van der Waals surface area (Å²) in [5, 5.41) is 12.9. The number of nitrogens with zero attached hydrogens (tertiary/aromatic N) is 3. The summed E-state index contributed by atoms with van der Waals surface area (Å²) in [5.41, 5.74) is 3.00. The van der Waals surface area contributed by atoms with Crippen LogP contribution in [0.1, 0.15) is 22.4 Å². The van der Waals surface area contributed by atoms with Gasteiger partial charge in [0, 0.05) is 11.8 Å². The van der Waals surface area contributed by atoms with Crippen molar-refractivity contribution in [2.24, 2.45) is 5.10 Å². The molecule has 0 spiro atoms. The summed E-state index contributed by atoms with van der Waals surface area (Å²) in [6.07, 6.45) is 1.60. The lowest BCUT2D eigenvalue weighted by atomic mass is 10.2. The van der Waals surface area contributed by atoms with E-state index in [1.807, 2.05) is 19.9 Å². The van der Waals surface area contributed by atoms with Crippen LogP contribution in [0.5, 0.6) is 0 Å². The Hall–Kier alpha value is -2.67. The van der Waals surface area contributed by atoms with Crippen LogP contribution in [0, 0.1) is 25.2 Å². The van der Waals surface area contributed by atoms with Gasteiger partial charge in [0.15, 0.2) is 0 Å². The Morgan fingerprint density at radius 3 is 2.47 bits per heavy atom. The number of benzene rings is 1. The van der Waals surface area contributed by atoms with Crippen molar-refractivity contribution in [2.45, 2.75) is 13.8 Å². The zero-order valence-corrected chi connectivity index (χ0v) is 10.8. The van der Waals surface area contributed by atoms with E-state index in [0.717, 1.165) is 16.8 Å². The summed E-state index contributed by atoms with van der Waals surface area (Å²) in [5.74, 6) is 0. The van der Waals surface area contributed by atoms with Crippen LogP contribution in [0.3, 0.4) is 0 Å². The maximum absolute atomic E-state index is 11.8. The van der Waals surface area contributed by atoms with Gasteiger partial charge >= 0.3 is 0 Å². The van der Waals surface area contributed by atoms with E-state index in [2.05, 4.69) is 11.2 Å². The highest BCUT2D eigenvalue weighted by molar-refractivity contribution is 5.79. The fraction of sp³-hybridized carbons (Fsp3) is 0.133. The maximum atomic E-state index is 11.8. The molecule has 0 bridgehead atoms. The Morgan fingerprint density at radius 2 is 1.89 bits per heavy atom. The van der Waals surface area contributed by atoms with Gasteiger partial charge in [-0.2, -0.15) is 10.4 Å². The van der Waals surface area contributed by atoms with E-state index < -0.39 is 0 Å². The highest BCUT2D eigenvalue weighted by atomic mass is 16.1. The predicted octanol–water partition coefficient (Wildman–Crippen LogP) is 2.22. The van der Waals surface area contributed by atoms with Crippen LogP contribution in [-0.2, 0) is 0 Å². The molecule has 2 rings (SSSR count). The van der Waals surface area contributed by atoms with Crippen LogP contribution in [0.25, 0.3) is 0 Å². The molecule has 0 aliphatic rings. The molecule has 4 nitrogen and oxygen atoms in total. The number of hydrogen-bond donors (Lipinski definition) is 0. The second-order valence-electron chi connectivity index (χ2n) is 4.30. The van der Waals surface area contributed by atoms with Crippen LogP contribution in [-0.4, -0.2) is 10.9 Å². The third kappa shape index (κ3) is 2.96. The minimum Gasteiger partial charge on any atom is -0.267 e. The van der Waals surface area contributed by atoms with Crippen molar-refractivity contribution in [1.82, 2.24) is 4.68 Å². The minimum absolute atomic E-state index is 0.151. The Morgan fingerprint density at radius 1 is 1.21 bits per heavy atom. The SMILES string of the molecule is Cc1cc(C)n(/N=C\c2ccc(C#N)cc2)c(=O)c1. The van der Waals surface area contributed by atoms with Gasteiger partial charge in [-0.05, 0) is 43.2 Å². The predicted molar refractivity (Wildman–Crippen MR) is 74.3 cm³/mol. The van der Waals surface area contributed by atoms with Gasteiger partial charge in [-0.25, -0.2) is 4.68 Å². The molecule has 0 saturated heterocycles. The van der Waals surface area contributed by atoms with E-state index in [9.17, 15) is 4.79 Å². The Kier molecular flexibility index (Phi) is 3.58. The summed E-state index contributed by atoms with van der Waals surface area (Å²) >= 11 is 0. The van der Waals surface area contributed by atoms with Gasteiger partial charge in [-0.3, -0.25) is 4.79 Å². The second kappa shape index (κ2) is 5.32. The molecule has 0 atom stereocenters. The summed E-state index contributed by atoms with van der Waals surface area (Å²) in [4.78, 5) is 11.8. The average molecular weight is 251 g/mol. The van der Waals surface area contributed by atoms with Crippen molar-refractivity contribution in [1.29, 1.82) is 5.26 Å². The van der Waals surface area contributed by atoms with Crippen molar-refractivity contribution < 1.29 is 0 Å². The van der Waals surface area contributed by atoms with E-state index in [1.54, 1.807) is 36.5 Å². The van der Waals surface area contributed by atoms with Gasteiger partial charge in [0.1, 0.15) is 0 Å². The average Bonchev–Trinajstić information content (AvgIpc) is 2.38. The van der Waals surface area contributed by atoms with Gasteiger partial charge < -0.3 is 0 Å². The Bertz CT molecular complexity index is 719. The van der Waals surface area contributed by atoms with Gasteiger partial charge in [0.05, 0.1) is 17.8 Å². The summed E-state index contributed by atoms with van der Waals surface area (Å²) in [6, 6.07) is 12.5. The van der Waals surface area contributed by atoms with Crippen LogP contribution in [0.15, 0.2) is 46.3 Å². The van der Waals surface area contributed by atoms with E-state index in [0.29, 0.717) is 5.56 Å². The molecule has 1 aromatic carbocycles. The van der Waals surface area contributed by atoms with Gasteiger partial charge in [0.25, 0.3) is 5.56 Å². The smallest absolute Gasteiger partial charge is 0.267 e. The lowest BCUT2D eigenvalue weighted by Gasteiger charge is -2.03. The normalized spacial score (nSPS) is 10.6. The minimum atomic E-state index is -0.151. The molecular weight excluding hydrogens is 238 g/mol. The quantitative estimate of drug-likeness (QED) is 0.768. The summed E-state index contributed by atoms with van der Waals surface area (Å²) in [6.45, 7) is 3.72. The Balaban J connectivity index is 2.33. The maximum Gasteiger partial charge on any atom is 0.271 e. The van der Waals surface area contributed by atoms with Crippen LogP contribution in [0.4, 0.5) is 0 Å². The lowest BCUT2D eigenvalue weighted by Crippen LogP contribution is -2.18. The molecule has 0 aliphatic heterocycles. The van der Waals surface area contributed by atoms with Crippen molar-refractivity contribution >= 4 is 6.21 Å². The Labute approximate surface area is 111 Å². The first-order valence-electron chi connectivity index (χ1n) is 5.85. The second-order valence-corrected chi connectivity index (χ2v) is 4.30. The molecule has 94 valence electrons. The number of aromatic nitrogens is 1. The van der Waals surface area contributed by atoms with Crippen molar-refractivity contribution in [3.8, 4) is 6.07 Å². The number of hydrogen-bond acceptors (Lipinski definition) is 3. The molecule has 1 heterocycles. The lowest BCUT2D eigenvalue weighted by molar-refractivity contribution is 0.791. The zero-order valence-electron chi connectivity index (χ0n) is 10.8. The molecule has 0 fully saturated rings. The van der Waals surface area contributed by atoms with E-state index in [1.165, 1.54) is 4.68 Å². The largest absolute Gasteiger partial charge is 0.271 e. The summed E-state index contributed by atoms with van der Waals surface area (Å²) < 4.78 is 1.35. The molecule has 0 radical (unpaired) electrons. The summed E-state index contributed by atoms with van der Waals surface area (Å²) in [7, 11) is 0. The first-order chi connectivity index (χ1) is 9.10. The van der Waals surface area contributed by atoms with Crippen molar-refractivity contribution in [3.05, 3.63) is 69.1 Å². The molecule has 4 heteroatoms. The molecule has 0 aliphatic carbocycles. The molecule has 2 aromatic rings. The van der Waals surface area contributed by atoms with Gasteiger partial charge in [0.2, 0.25) is 0 Å². The fourth-order valence-corrected chi connectivity index (χ4v) is 1.78. The fourth-order valence-electron chi connectivity index (χ4n) is 1.78. The standard InChI is InChI=1S/C15H13N3O/c1-11-7-12(2)18(15(19)8-11)17-10-14-5-3-13(9-16)4-6-14/h3-8,10H,1-2H3/b17-10-. The first-order valence-corrected chi connectivity index (χ1v) is 5.85.